The minimum absolute atomic E-state index is 0.212. The summed E-state index contributed by atoms with van der Waals surface area (Å²) >= 11 is 1.40. The van der Waals surface area contributed by atoms with Crippen molar-refractivity contribution in [2.24, 2.45) is 0 Å². The third kappa shape index (κ3) is 3.30. The predicted molar refractivity (Wildman–Crippen MR) is 104 cm³/mol. The maximum atomic E-state index is 12.2. The van der Waals surface area contributed by atoms with Crippen LogP contribution in [0.1, 0.15) is 16.1 Å². The number of anilines is 1. The van der Waals surface area contributed by atoms with Crippen molar-refractivity contribution < 1.29 is 9.21 Å². The number of benzene rings is 2. The Kier molecular flexibility index (Phi) is 4.37. The molecular formula is C21H16N2O2S. The molecular weight excluding hydrogens is 344 g/mol. The van der Waals surface area contributed by atoms with Crippen LogP contribution in [0.2, 0.25) is 0 Å². The first-order valence-electron chi connectivity index (χ1n) is 8.17. The maximum absolute atomic E-state index is 12.2. The number of rotatable bonds is 4. The molecule has 4 nitrogen and oxygen atoms in total. The van der Waals surface area contributed by atoms with E-state index in [1.165, 1.54) is 23.2 Å². The first kappa shape index (κ1) is 16.3. The third-order valence-electron chi connectivity index (χ3n) is 4.12. The van der Waals surface area contributed by atoms with Gasteiger partial charge in [-0.25, -0.2) is 4.98 Å². The van der Waals surface area contributed by atoms with Crippen LogP contribution in [0, 0.1) is 6.92 Å². The molecule has 0 radical (unpaired) electrons. The Morgan fingerprint density at radius 2 is 1.65 bits per heavy atom. The van der Waals surface area contributed by atoms with Gasteiger partial charge >= 0.3 is 0 Å². The number of furan rings is 1. The smallest absolute Gasteiger partial charge is 0.260 e. The van der Waals surface area contributed by atoms with E-state index < -0.39 is 0 Å². The van der Waals surface area contributed by atoms with Crippen molar-refractivity contribution in [2.75, 3.05) is 5.32 Å². The Balaban J connectivity index is 1.51. The second-order valence-electron chi connectivity index (χ2n) is 5.83. The van der Waals surface area contributed by atoms with E-state index in [9.17, 15) is 4.79 Å². The molecule has 26 heavy (non-hydrogen) atoms. The van der Waals surface area contributed by atoms with Gasteiger partial charge in [-0.15, -0.1) is 11.3 Å². The van der Waals surface area contributed by atoms with Crippen LogP contribution in [0.5, 0.6) is 0 Å². The summed E-state index contributed by atoms with van der Waals surface area (Å²) in [4.78, 5) is 16.8. The molecule has 0 aliphatic rings. The van der Waals surface area contributed by atoms with E-state index in [1.54, 1.807) is 13.0 Å². The van der Waals surface area contributed by atoms with Crippen molar-refractivity contribution in [3.8, 4) is 22.4 Å². The van der Waals surface area contributed by atoms with E-state index in [0.717, 1.165) is 16.8 Å². The topological polar surface area (TPSA) is 55.1 Å². The fraction of sp³-hybridized carbons (Fsp3) is 0.0476. The maximum Gasteiger partial charge on any atom is 0.260 e. The summed E-state index contributed by atoms with van der Waals surface area (Å²) in [7, 11) is 0. The minimum atomic E-state index is -0.212. The summed E-state index contributed by atoms with van der Waals surface area (Å²) in [6.07, 6.45) is 1.51. The van der Waals surface area contributed by atoms with Crippen LogP contribution in [0.3, 0.4) is 0 Å². The van der Waals surface area contributed by atoms with Crippen molar-refractivity contribution in [1.82, 2.24) is 4.98 Å². The van der Waals surface area contributed by atoms with E-state index >= 15 is 0 Å². The molecule has 4 aromatic rings. The van der Waals surface area contributed by atoms with Gasteiger partial charge in [0.1, 0.15) is 5.76 Å². The summed E-state index contributed by atoms with van der Waals surface area (Å²) in [5.41, 5.74) is 4.72. The van der Waals surface area contributed by atoms with E-state index in [-0.39, 0.29) is 5.91 Å². The molecule has 5 heteroatoms. The summed E-state index contributed by atoms with van der Waals surface area (Å²) in [6.45, 7) is 1.76. The first-order valence-corrected chi connectivity index (χ1v) is 9.05. The monoisotopic (exact) mass is 360 g/mol. The van der Waals surface area contributed by atoms with Crippen LogP contribution in [0.15, 0.2) is 76.7 Å². The molecule has 0 atom stereocenters. The second-order valence-corrected chi connectivity index (χ2v) is 6.68. The highest BCUT2D eigenvalue weighted by Crippen LogP contribution is 2.28. The van der Waals surface area contributed by atoms with Gasteiger partial charge in [0.2, 0.25) is 0 Å². The lowest BCUT2D eigenvalue weighted by Crippen LogP contribution is -2.11. The highest BCUT2D eigenvalue weighted by atomic mass is 32.1. The van der Waals surface area contributed by atoms with E-state index in [0.29, 0.717) is 16.5 Å². The normalized spacial score (nSPS) is 10.7. The van der Waals surface area contributed by atoms with E-state index in [2.05, 4.69) is 34.6 Å². The van der Waals surface area contributed by atoms with Gasteiger partial charge in [0.15, 0.2) is 5.13 Å². The molecule has 128 valence electrons. The van der Waals surface area contributed by atoms with Gasteiger partial charge in [0.05, 0.1) is 17.5 Å². The summed E-state index contributed by atoms with van der Waals surface area (Å²) in [5, 5.41) is 5.33. The van der Waals surface area contributed by atoms with Crippen molar-refractivity contribution in [2.45, 2.75) is 6.92 Å². The summed E-state index contributed by atoms with van der Waals surface area (Å²) in [5.74, 6) is 0.382. The van der Waals surface area contributed by atoms with Crippen molar-refractivity contribution >= 4 is 22.4 Å². The fourth-order valence-corrected chi connectivity index (χ4v) is 3.43. The lowest BCUT2D eigenvalue weighted by atomic mass is 10.0. The van der Waals surface area contributed by atoms with Crippen LogP contribution < -0.4 is 5.32 Å². The highest BCUT2D eigenvalue weighted by molar-refractivity contribution is 7.14. The molecule has 0 unspecified atom stereocenters. The first-order chi connectivity index (χ1) is 12.7. The van der Waals surface area contributed by atoms with Crippen molar-refractivity contribution in [3.63, 3.8) is 0 Å². The molecule has 0 saturated carbocycles. The standard InChI is InChI=1S/C21H16N2O2S/c1-14-18(11-12-25-14)20(24)23-21-22-19(13-26-21)17-9-7-16(8-10-17)15-5-3-2-4-6-15/h2-13H,1H3,(H,22,23,24). The number of hydrogen-bond acceptors (Lipinski definition) is 4. The Morgan fingerprint density at radius 1 is 0.962 bits per heavy atom. The number of nitrogens with one attached hydrogen (secondary N) is 1. The average molecular weight is 360 g/mol. The van der Waals surface area contributed by atoms with Gasteiger partial charge in [-0.05, 0) is 24.1 Å². The Bertz CT molecular complexity index is 1030. The predicted octanol–water partition coefficient (Wildman–Crippen LogP) is 5.63. The minimum Gasteiger partial charge on any atom is -0.469 e. The molecule has 1 N–H and O–H groups in total. The van der Waals surface area contributed by atoms with Crippen LogP contribution in [0.25, 0.3) is 22.4 Å². The van der Waals surface area contributed by atoms with Gasteiger partial charge in [0, 0.05) is 10.9 Å². The number of carbonyl (C=O) groups excluding carboxylic acids is 1. The molecule has 0 saturated heterocycles. The van der Waals surface area contributed by atoms with Crippen molar-refractivity contribution in [1.29, 1.82) is 0 Å². The zero-order valence-corrected chi connectivity index (χ0v) is 14.9. The summed E-state index contributed by atoms with van der Waals surface area (Å²) in [6, 6.07) is 20.1. The molecule has 4 rings (SSSR count). The lowest BCUT2D eigenvalue weighted by Gasteiger charge is -2.03. The van der Waals surface area contributed by atoms with Gasteiger partial charge < -0.3 is 4.42 Å². The number of hydrogen-bond donors (Lipinski definition) is 1. The van der Waals surface area contributed by atoms with Gasteiger partial charge in [-0.3, -0.25) is 10.1 Å². The van der Waals surface area contributed by atoms with Gasteiger partial charge in [0.25, 0.3) is 5.91 Å². The van der Waals surface area contributed by atoms with E-state index in [1.807, 2.05) is 35.7 Å². The fourth-order valence-electron chi connectivity index (χ4n) is 2.71. The largest absolute Gasteiger partial charge is 0.469 e. The number of aryl methyl sites for hydroxylation is 1. The Morgan fingerprint density at radius 3 is 2.35 bits per heavy atom. The molecule has 2 aromatic heterocycles. The highest BCUT2D eigenvalue weighted by Gasteiger charge is 2.14. The quantitative estimate of drug-likeness (QED) is 0.513. The van der Waals surface area contributed by atoms with Crippen LogP contribution in [0.4, 0.5) is 5.13 Å². The molecule has 0 spiro atoms. The molecule has 0 aliphatic heterocycles. The van der Waals surface area contributed by atoms with Crippen LogP contribution in [-0.4, -0.2) is 10.9 Å². The zero-order chi connectivity index (χ0) is 17.9. The molecule has 2 heterocycles. The number of nitrogens with zero attached hydrogens (tertiary/aromatic N) is 1. The third-order valence-corrected chi connectivity index (χ3v) is 4.87. The van der Waals surface area contributed by atoms with Crippen LogP contribution in [-0.2, 0) is 0 Å². The zero-order valence-electron chi connectivity index (χ0n) is 14.1. The lowest BCUT2D eigenvalue weighted by molar-refractivity contribution is 0.102. The molecule has 1 amide bonds. The molecule has 0 bridgehead atoms. The average Bonchev–Trinajstić information content (AvgIpc) is 3.31. The number of thiazole rings is 1. The van der Waals surface area contributed by atoms with Gasteiger partial charge in [-0.2, -0.15) is 0 Å². The molecule has 0 fully saturated rings. The SMILES string of the molecule is Cc1occc1C(=O)Nc1nc(-c2ccc(-c3ccccc3)cc2)cs1. The number of amides is 1. The Labute approximate surface area is 155 Å². The summed E-state index contributed by atoms with van der Waals surface area (Å²) < 4.78 is 5.17. The molecule has 2 aromatic carbocycles. The van der Waals surface area contributed by atoms with Crippen LogP contribution >= 0.6 is 11.3 Å². The number of aromatic nitrogens is 1. The second kappa shape index (κ2) is 6.98. The van der Waals surface area contributed by atoms with Gasteiger partial charge in [-0.1, -0.05) is 54.6 Å². The van der Waals surface area contributed by atoms with Crippen molar-refractivity contribution in [3.05, 3.63) is 83.6 Å². The number of carbonyl (C=O) groups is 1. The Hall–Kier alpha value is -3.18. The molecule has 0 aliphatic carbocycles. The van der Waals surface area contributed by atoms with E-state index in [4.69, 9.17) is 4.42 Å².